The molecule has 22 heavy (non-hydrogen) atoms. The number of amides is 1. The average Bonchev–Trinajstić information content (AvgIpc) is 2.45. The number of benzene rings is 1. The summed E-state index contributed by atoms with van der Waals surface area (Å²) in [7, 11) is 0. The van der Waals surface area contributed by atoms with Crippen molar-refractivity contribution in [3.8, 4) is 0 Å². The third-order valence-corrected chi connectivity index (χ3v) is 3.89. The van der Waals surface area contributed by atoms with Crippen LogP contribution in [0, 0.1) is 0 Å². The van der Waals surface area contributed by atoms with Crippen molar-refractivity contribution in [1.29, 1.82) is 0 Å². The molecule has 0 heterocycles. The van der Waals surface area contributed by atoms with Crippen LogP contribution >= 0.6 is 0 Å². The number of hydrogen-bond donors (Lipinski definition) is 3. The zero-order chi connectivity index (χ0) is 16.8. The van der Waals surface area contributed by atoms with Gasteiger partial charge in [-0.1, -0.05) is 43.7 Å². The first-order chi connectivity index (χ1) is 10.2. The summed E-state index contributed by atoms with van der Waals surface area (Å²) in [6, 6.07) is 10.5. The predicted molar refractivity (Wildman–Crippen MR) is 92.6 cm³/mol. The fraction of sp³-hybridized carbons (Fsp3) is 0.611. The molecule has 1 amide bonds. The van der Waals surface area contributed by atoms with Gasteiger partial charge in [0, 0.05) is 18.1 Å². The van der Waals surface area contributed by atoms with Crippen LogP contribution < -0.4 is 16.4 Å². The van der Waals surface area contributed by atoms with Gasteiger partial charge in [0.25, 0.3) is 0 Å². The van der Waals surface area contributed by atoms with Crippen LogP contribution in [0.1, 0.15) is 59.1 Å². The fourth-order valence-corrected chi connectivity index (χ4v) is 2.60. The Bertz CT molecular complexity index is 468. The van der Waals surface area contributed by atoms with E-state index in [0.29, 0.717) is 13.0 Å². The van der Waals surface area contributed by atoms with Crippen molar-refractivity contribution in [1.82, 2.24) is 10.6 Å². The quantitative estimate of drug-likeness (QED) is 0.692. The number of hydrogen-bond acceptors (Lipinski definition) is 3. The Kier molecular flexibility index (Phi) is 6.57. The highest BCUT2D eigenvalue weighted by Crippen LogP contribution is 2.16. The third-order valence-electron chi connectivity index (χ3n) is 3.89. The topological polar surface area (TPSA) is 67.2 Å². The van der Waals surface area contributed by atoms with E-state index < -0.39 is 5.54 Å². The van der Waals surface area contributed by atoms with Crippen LogP contribution in [0.5, 0.6) is 0 Å². The summed E-state index contributed by atoms with van der Waals surface area (Å²) in [5.74, 6) is -0.0865. The van der Waals surface area contributed by atoms with Gasteiger partial charge in [-0.05, 0) is 39.7 Å². The minimum Gasteiger partial charge on any atom is -0.353 e. The summed E-state index contributed by atoms with van der Waals surface area (Å²) in [6.45, 7) is 10.7. The van der Waals surface area contributed by atoms with E-state index in [0.717, 1.165) is 6.42 Å². The maximum absolute atomic E-state index is 12.2. The number of carbonyl (C=O) groups excluding carboxylic acids is 1. The van der Waals surface area contributed by atoms with E-state index in [1.165, 1.54) is 5.56 Å². The highest BCUT2D eigenvalue weighted by atomic mass is 16.2. The zero-order valence-electron chi connectivity index (χ0n) is 14.6. The minimum atomic E-state index is -0.796. The van der Waals surface area contributed by atoms with Crippen molar-refractivity contribution in [2.45, 2.75) is 64.6 Å². The van der Waals surface area contributed by atoms with Gasteiger partial charge in [0.15, 0.2) is 0 Å². The average molecular weight is 305 g/mol. The molecule has 1 aromatic rings. The molecule has 4 nitrogen and oxygen atoms in total. The van der Waals surface area contributed by atoms with E-state index in [9.17, 15) is 4.79 Å². The lowest BCUT2D eigenvalue weighted by Gasteiger charge is -2.32. The van der Waals surface area contributed by atoms with Crippen LogP contribution in [0.4, 0.5) is 0 Å². The van der Waals surface area contributed by atoms with Crippen molar-refractivity contribution in [3.05, 3.63) is 35.9 Å². The van der Waals surface area contributed by atoms with E-state index >= 15 is 0 Å². The van der Waals surface area contributed by atoms with Crippen molar-refractivity contribution in [3.63, 3.8) is 0 Å². The summed E-state index contributed by atoms with van der Waals surface area (Å²) in [5, 5.41) is 6.53. The number of carbonyl (C=O) groups is 1. The van der Waals surface area contributed by atoms with Crippen molar-refractivity contribution < 1.29 is 4.79 Å². The highest BCUT2D eigenvalue weighted by Gasteiger charge is 2.29. The Hall–Kier alpha value is -1.39. The van der Waals surface area contributed by atoms with Gasteiger partial charge in [-0.2, -0.15) is 0 Å². The van der Waals surface area contributed by atoms with Crippen molar-refractivity contribution in [2.75, 3.05) is 6.54 Å². The second-order valence-corrected chi connectivity index (χ2v) is 7.01. The molecule has 2 atom stereocenters. The molecule has 0 saturated carbocycles. The molecular weight excluding hydrogens is 274 g/mol. The van der Waals surface area contributed by atoms with Gasteiger partial charge in [0.05, 0.1) is 5.54 Å². The van der Waals surface area contributed by atoms with Gasteiger partial charge in [0.2, 0.25) is 5.91 Å². The maximum atomic E-state index is 12.2. The smallest absolute Gasteiger partial charge is 0.239 e. The molecule has 0 aliphatic heterocycles. The molecule has 4 heteroatoms. The molecule has 0 aliphatic rings. The first-order valence-electron chi connectivity index (χ1n) is 8.08. The molecule has 0 spiro atoms. The van der Waals surface area contributed by atoms with Crippen LogP contribution in [0.2, 0.25) is 0 Å². The number of nitrogens with two attached hydrogens (primary N) is 1. The first-order valence-corrected chi connectivity index (χ1v) is 8.08. The van der Waals surface area contributed by atoms with Gasteiger partial charge in [-0.3, -0.25) is 4.79 Å². The molecule has 0 bridgehead atoms. The van der Waals surface area contributed by atoms with Crippen LogP contribution in [0.15, 0.2) is 30.3 Å². The Morgan fingerprint density at radius 2 is 1.82 bits per heavy atom. The molecule has 1 rings (SSSR count). The summed E-state index contributed by atoms with van der Waals surface area (Å²) < 4.78 is 0. The lowest BCUT2D eigenvalue weighted by Crippen LogP contribution is -2.56. The molecule has 0 radical (unpaired) electrons. The molecule has 0 aromatic heterocycles. The molecule has 0 saturated heterocycles. The van der Waals surface area contributed by atoms with Crippen LogP contribution in [0.25, 0.3) is 0 Å². The summed E-state index contributed by atoms with van der Waals surface area (Å²) >= 11 is 0. The van der Waals surface area contributed by atoms with Crippen molar-refractivity contribution >= 4 is 5.91 Å². The molecule has 4 N–H and O–H groups in total. The summed E-state index contributed by atoms with van der Waals surface area (Å²) in [6.07, 6.45) is 1.58. The Labute approximate surface area is 134 Å². The second-order valence-electron chi connectivity index (χ2n) is 7.01. The zero-order valence-corrected chi connectivity index (χ0v) is 14.6. The molecule has 0 fully saturated rings. The molecular formula is C18H31N3O. The van der Waals surface area contributed by atoms with Gasteiger partial charge in [0.1, 0.15) is 0 Å². The largest absolute Gasteiger partial charge is 0.353 e. The van der Waals surface area contributed by atoms with E-state index in [-0.39, 0.29) is 17.5 Å². The van der Waals surface area contributed by atoms with E-state index in [2.05, 4.69) is 43.5 Å². The lowest BCUT2D eigenvalue weighted by molar-refractivity contribution is -0.126. The Morgan fingerprint density at radius 1 is 1.23 bits per heavy atom. The van der Waals surface area contributed by atoms with Crippen LogP contribution in [0.3, 0.4) is 0 Å². The van der Waals surface area contributed by atoms with Gasteiger partial charge < -0.3 is 16.4 Å². The number of nitrogens with one attached hydrogen (secondary N) is 2. The van der Waals surface area contributed by atoms with E-state index in [1.54, 1.807) is 6.92 Å². The summed E-state index contributed by atoms with van der Waals surface area (Å²) in [4.78, 5) is 12.2. The molecule has 1 aromatic carbocycles. The normalized spacial score (nSPS) is 15.9. The molecule has 124 valence electrons. The Morgan fingerprint density at radius 3 is 2.36 bits per heavy atom. The molecule has 2 unspecified atom stereocenters. The van der Waals surface area contributed by atoms with Gasteiger partial charge >= 0.3 is 0 Å². The number of rotatable bonds is 8. The summed E-state index contributed by atoms with van der Waals surface area (Å²) in [5.41, 5.74) is 6.28. The monoisotopic (exact) mass is 305 g/mol. The van der Waals surface area contributed by atoms with Crippen LogP contribution in [-0.4, -0.2) is 23.5 Å². The predicted octanol–water partition coefficient (Wildman–Crippen LogP) is 2.75. The fourth-order valence-electron chi connectivity index (χ4n) is 2.60. The van der Waals surface area contributed by atoms with Crippen LogP contribution in [-0.2, 0) is 4.79 Å². The SMILES string of the molecule is CCCC(C)(N)C(=O)NCC(C)(C)NC(C)c1ccccc1. The minimum absolute atomic E-state index is 0.0865. The van der Waals surface area contributed by atoms with E-state index in [4.69, 9.17) is 5.73 Å². The van der Waals surface area contributed by atoms with Gasteiger partial charge in [-0.25, -0.2) is 0 Å². The van der Waals surface area contributed by atoms with E-state index in [1.807, 2.05) is 25.1 Å². The lowest BCUT2D eigenvalue weighted by atomic mass is 9.95. The Balaban J connectivity index is 2.55. The van der Waals surface area contributed by atoms with Crippen molar-refractivity contribution in [2.24, 2.45) is 5.73 Å². The maximum Gasteiger partial charge on any atom is 0.239 e. The first kappa shape index (κ1) is 18.7. The third kappa shape index (κ3) is 5.78. The second kappa shape index (κ2) is 7.75. The standard InChI is InChI=1S/C18H31N3O/c1-6-12-18(5,19)16(22)20-13-17(3,4)21-14(2)15-10-8-7-9-11-15/h7-11,14,21H,6,12-13,19H2,1-5H3,(H,20,22). The molecule has 0 aliphatic carbocycles. The van der Waals surface area contributed by atoms with Gasteiger partial charge in [-0.15, -0.1) is 0 Å². The highest BCUT2D eigenvalue weighted by molar-refractivity contribution is 5.85.